The zero-order valence-electron chi connectivity index (χ0n) is 11.7. The first-order valence-electron chi connectivity index (χ1n) is 6.59. The molecule has 0 saturated carbocycles. The minimum Gasteiger partial charge on any atom is -0.313 e. The lowest BCUT2D eigenvalue weighted by molar-refractivity contribution is 0.589. The molecule has 0 fully saturated rings. The van der Waals surface area contributed by atoms with Crippen molar-refractivity contribution in [2.24, 2.45) is 0 Å². The van der Waals surface area contributed by atoms with Crippen LogP contribution in [0.2, 0.25) is 0 Å². The van der Waals surface area contributed by atoms with Gasteiger partial charge < -0.3 is 5.32 Å². The van der Waals surface area contributed by atoms with Crippen LogP contribution in [0.3, 0.4) is 0 Å². The van der Waals surface area contributed by atoms with E-state index in [9.17, 15) is 0 Å². The topological polar surface area (TPSA) is 12.0 Å². The second kappa shape index (κ2) is 6.36. The Balaban J connectivity index is 2.26. The Morgan fingerprint density at radius 1 is 1.05 bits per heavy atom. The van der Waals surface area contributed by atoms with E-state index in [4.69, 9.17) is 0 Å². The van der Waals surface area contributed by atoms with E-state index in [2.05, 4.69) is 77.6 Å². The molecule has 0 saturated heterocycles. The molecule has 2 aromatic carbocycles. The summed E-state index contributed by atoms with van der Waals surface area (Å²) in [7, 11) is 2.02. The Morgan fingerprint density at radius 3 is 2.26 bits per heavy atom. The van der Waals surface area contributed by atoms with Crippen molar-refractivity contribution in [3.8, 4) is 0 Å². The van der Waals surface area contributed by atoms with Crippen LogP contribution >= 0.6 is 15.9 Å². The monoisotopic (exact) mass is 317 g/mol. The molecule has 1 unspecified atom stereocenters. The normalized spacial score (nSPS) is 12.4. The van der Waals surface area contributed by atoms with E-state index in [1.165, 1.54) is 26.7 Å². The molecule has 2 heteroatoms. The van der Waals surface area contributed by atoms with Crippen molar-refractivity contribution >= 4 is 15.9 Å². The molecule has 0 heterocycles. The van der Waals surface area contributed by atoms with E-state index in [1.807, 2.05) is 7.05 Å². The molecular weight excluding hydrogens is 298 g/mol. The van der Waals surface area contributed by atoms with Crippen molar-refractivity contribution in [2.45, 2.75) is 26.3 Å². The number of halogens is 1. The first kappa shape index (κ1) is 14.3. The minimum absolute atomic E-state index is 0.330. The number of benzene rings is 2. The SMILES string of the molecule is CNC(Cc1cc(C)cc(C)c1)c1ccccc1Br. The Kier molecular flexibility index (Phi) is 4.78. The van der Waals surface area contributed by atoms with E-state index in [1.54, 1.807) is 0 Å². The first-order chi connectivity index (χ1) is 9.10. The van der Waals surface area contributed by atoms with Gasteiger partial charge in [-0.05, 0) is 44.5 Å². The molecule has 1 N–H and O–H groups in total. The van der Waals surface area contributed by atoms with E-state index in [0.29, 0.717) is 6.04 Å². The average Bonchev–Trinajstić information content (AvgIpc) is 2.36. The molecule has 2 aromatic rings. The van der Waals surface area contributed by atoms with Gasteiger partial charge in [0.2, 0.25) is 0 Å². The third kappa shape index (κ3) is 3.68. The Morgan fingerprint density at radius 2 is 1.68 bits per heavy atom. The van der Waals surface area contributed by atoms with Gasteiger partial charge in [-0.2, -0.15) is 0 Å². The zero-order valence-corrected chi connectivity index (χ0v) is 13.3. The van der Waals surface area contributed by atoms with E-state index in [0.717, 1.165) is 6.42 Å². The van der Waals surface area contributed by atoms with Gasteiger partial charge in [-0.1, -0.05) is 63.5 Å². The summed E-state index contributed by atoms with van der Waals surface area (Å²) in [6.45, 7) is 4.31. The quantitative estimate of drug-likeness (QED) is 0.871. The smallest absolute Gasteiger partial charge is 0.0369 e. The molecule has 1 atom stereocenters. The predicted octanol–water partition coefficient (Wildman–Crippen LogP) is 4.57. The number of hydrogen-bond acceptors (Lipinski definition) is 1. The van der Waals surface area contributed by atoms with Gasteiger partial charge in [0.1, 0.15) is 0 Å². The molecule has 0 spiro atoms. The van der Waals surface area contributed by atoms with Gasteiger partial charge in [-0.15, -0.1) is 0 Å². The zero-order chi connectivity index (χ0) is 13.8. The van der Waals surface area contributed by atoms with Gasteiger partial charge in [-0.3, -0.25) is 0 Å². The lowest BCUT2D eigenvalue weighted by atomic mass is 9.97. The Hall–Kier alpha value is -1.12. The van der Waals surface area contributed by atoms with Crippen LogP contribution in [0.25, 0.3) is 0 Å². The number of aryl methyl sites for hydroxylation is 2. The second-order valence-corrected chi connectivity index (χ2v) is 5.92. The molecule has 0 aliphatic heterocycles. The highest BCUT2D eigenvalue weighted by molar-refractivity contribution is 9.10. The van der Waals surface area contributed by atoms with Crippen molar-refractivity contribution in [3.63, 3.8) is 0 Å². The highest BCUT2D eigenvalue weighted by atomic mass is 79.9. The number of likely N-dealkylation sites (N-methyl/N-ethyl adjacent to an activating group) is 1. The summed E-state index contributed by atoms with van der Waals surface area (Å²) in [6.07, 6.45) is 1.00. The summed E-state index contributed by atoms with van der Waals surface area (Å²) in [4.78, 5) is 0. The van der Waals surface area contributed by atoms with Crippen LogP contribution in [0.5, 0.6) is 0 Å². The van der Waals surface area contributed by atoms with Crippen LogP contribution in [0.4, 0.5) is 0 Å². The Bertz CT molecular complexity index is 543. The van der Waals surface area contributed by atoms with Gasteiger partial charge in [-0.25, -0.2) is 0 Å². The first-order valence-corrected chi connectivity index (χ1v) is 7.38. The predicted molar refractivity (Wildman–Crippen MR) is 85.6 cm³/mol. The lowest BCUT2D eigenvalue weighted by Crippen LogP contribution is -2.19. The molecule has 0 aliphatic rings. The molecular formula is C17H20BrN. The fourth-order valence-electron chi connectivity index (χ4n) is 2.55. The van der Waals surface area contributed by atoms with Gasteiger partial charge in [0.25, 0.3) is 0 Å². The number of hydrogen-bond donors (Lipinski definition) is 1. The fraction of sp³-hybridized carbons (Fsp3) is 0.294. The summed E-state index contributed by atoms with van der Waals surface area (Å²) in [5, 5.41) is 3.42. The van der Waals surface area contributed by atoms with Gasteiger partial charge >= 0.3 is 0 Å². The van der Waals surface area contributed by atoms with Crippen LogP contribution in [-0.4, -0.2) is 7.05 Å². The van der Waals surface area contributed by atoms with Crippen LogP contribution < -0.4 is 5.32 Å². The second-order valence-electron chi connectivity index (χ2n) is 5.06. The van der Waals surface area contributed by atoms with Crippen LogP contribution in [0, 0.1) is 13.8 Å². The molecule has 19 heavy (non-hydrogen) atoms. The highest BCUT2D eigenvalue weighted by Gasteiger charge is 2.13. The van der Waals surface area contributed by atoms with Crippen molar-refractivity contribution < 1.29 is 0 Å². The van der Waals surface area contributed by atoms with E-state index >= 15 is 0 Å². The molecule has 0 aliphatic carbocycles. The van der Waals surface area contributed by atoms with Crippen LogP contribution in [0.15, 0.2) is 46.9 Å². The summed E-state index contributed by atoms with van der Waals surface area (Å²) in [6, 6.07) is 15.5. The molecule has 1 nitrogen and oxygen atoms in total. The molecule has 0 amide bonds. The van der Waals surface area contributed by atoms with Gasteiger partial charge in [0.05, 0.1) is 0 Å². The summed E-state index contributed by atoms with van der Waals surface area (Å²) in [5.41, 5.74) is 5.35. The molecule has 0 aromatic heterocycles. The molecule has 100 valence electrons. The highest BCUT2D eigenvalue weighted by Crippen LogP contribution is 2.26. The third-order valence-electron chi connectivity index (χ3n) is 3.35. The van der Waals surface area contributed by atoms with Gasteiger partial charge in [0, 0.05) is 10.5 Å². The lowest BCUT2D eigenvalue weighted by Gasteiger charge is -2.19. The fourth-order valence-corrected chi connectivity index (χ4v) is 3.11. The number of rotatable bonds is 4. The van der Waals surface area contributed by atoms with Crippen LogP contribution in [-0.2, 0) is 6.42 Å². The van der Waals surface area contributed by atoms with E-state index in [-0.39, 0.29) is 0 Å². The van der Waals surface area contributed by atoms with Crippen molar-refractivity contribution in [3.05, 3.63) is 69.2 Å². The molecule has 0 bridgehead atoms. The van der Waals surface area contributed by atoms with Crippen molar-refractivity contribution in [1.82, 2.24) is 5.32 Å². The van der Waals surface area contributed by atoms with Crippen LogP contribution in [0.1, 0.15) is 28.3 Å². The molecule has 0 radical (unpaired) electrons. The standard InChI is InChI=1S/C17H20BrN/c1-12-8-13(2)10-14(9-12)11-17(19-3)15-6-4-5-7-16(15)18/h4-10,17,19H,11H2,1-3H3. The third-order valence-corrected chi connectivity index (χ3v) is 4.07. The maximum atomic E-state index is 3.64. The minimum atomic E-state index is 0.330. The largest absolute Gasteiger partial charge is 0.313 e. The van der Waals surface area contributed by atoms with Gasteiger partial charge in [0.15, 0.2) is 0 Å². The summed E-state index contributed by atoms with van der Waals surface area (Å²) < 4.78 is 1.17. The average molecular weight is 318 g/mol. The maximum Gasteiger partial charge on any atom is 0.0369 e. The summed E-state index contributed by atoms with van der Waals surface area (Å²) in [5.74, 6) is 0. The number of nitrogens with one attached hydrogen (secondary N) is 1. The molecule has 2 rings (SSSR count). The Labute approximate surface area is 124 Å². The van der Waals surface area contributed by atoms with E-state index < -0.39 is 0 Å². The summed E-state index contributed by atoms with van der Waals surface area (Å²) >= 11 is 3.64. The van der Waals surface area contributed by atoms with Crippen molar-refractivity contribution in [1.29, 1.82) is 0 Å². The van der Waals surface area contributed by atoms with Crippen molar-refractivity contribution in [2.75, 3.05) is 7.05 Å². The maximum absolute atomic E-state index is 3.64.